The van der Waals surface area contributed by atoms with Crippen LogP contribution in [-0.2, 0) is 0 Å². The summed E-state index contributed by atoms with van der Waals surface area (Å²) in [5, 5.41) is 8.60. The fraction of sp³-hybridized carbons (Fsp3) is 0.778. The second-order valence-corrected chi connectivity index (χ2v) is 6.18. The summed E-state index contributed by atoms with van der Waals surface area (Å²) in [6.07, 6.45) is 19.5. The molecule has 0 atom stereocenters. The largest absolute Gasteiger partial charge is 0.513 e. The van der Waals surface area contributed by atoms with E-state index in [0.29, 0.717) is 5.70 Å². The van der Waals surface area contributed by atoms with E-state index in [9.17, 15) is 0 Å². The Kier molecular flexibility index (Phi) is 13.8. The summed E-state index contributed by atoms with van der Waals surface area (Å²) >= 11 is 0. The van der Waals surface area contributed by atoms with Gasteiger partial charge < -0.3 is 10.8 Å². The number of hydrogen-bond donors (Lipinski definition) is 2. The van der Waals surface area contributed by atoms with Crippen molar-refractivity contribution in [3.05, 3.63) is 24.1 Å². The molecule has 0 aromatic heterocycles. The zero-order chi connectivity index (χ0) is 15.1. The van der Waals surface area contributed by atoms with Crippen LogP contribution in [0.3, 0.4) is 0 Å². The van der Waals surface area contributed by atoms with Crippen molar-refractivity contribution < 1.29 is 5.11 Å². The van der Waals surface area contributed by atoms with Gasteiger partial charge in [0.05, 0.1) is 5.70 Å². The highest BCUT2D eigenvalue weighted by atomic mass is 16.2. The molecule has 0 unspecified atom stereocenters. The summed E-state index contributed by atoms with van der Waals surface area (Å²) < 4.78 is 0. The third-order valence-corrected chi connectivity index (χ3v) is 3.61. The molecule has 20 heavy (non-hydrogen) atoms. The summed E-state index contributed by atoms with van der Waals surface area (Å²) in [5.41, 5.74) is 5.88. The van der Waals surface area contributed by atoms with Gasteiger partial charge in [-0.25, -0.2) is 0 Å². The lowest BCUT2D eigenvalue weighted by Crippen LogP contribution is -1.91. The molecular formula is C18H35NO. The van der Waals surface area contributed by atoms with Crippen molar-refractivity contribution in [2.75, 3.05) is 0 Å². The highest BCUT2D eigenvalue weighted by Gasteiger charge is 1.95. The monoisotopic (exact) mass is 281 g/mol. The Labute approximate surface area is 126 Å². The van der Waals surface area contributed by atoms with E-state index >= 15 is 0 Å². The Morgan fingerprint density at radius 2 is 1.40 bits per heavy atom. The first-order chi connectivity index (χ1) is 9.66. The van der Waals surface area contributed by atoms with Crippen LogP contribution in [0.5, 0.6) is 0 Å². The molecule has 0 rings (SSSR count). The first-order valence-corrected chi connectivity index (χ1v) is 8.43. The Bertz CT molecular complexity index is 256. The van der Waals surface area contributed by atoms with Crippen LogP contribution in [0, 0.1) is 5.92 Å². The smallest absolute Gasteiger partial charge is 0.102 e. The topological polar surface area (TPSA) is 46.2 Å². The third-order valence-electron chi connectivity index (χ3n) is 3.61. The van der Waals surface area contributed by atoms with Gasteiger partial charge in [-0.2, -0.15) is 0 Å². The van der Waals surface area contributed by atoms with Crippen molar-refractivity contribution in [1.29, 1.82) is 0 Å². The van der Waals surface area contributed by atoms with Gasteiger partial charge in [0.15, 0.2) is 0 Å². The molecule has 0 aliphatic carbocycles. The van der Waals surface area contributed by atoms with Gasteiger partial charge >= 0.3 is 0 Å². The van der Waals surface area contributed by atoms with Crippen LogP contribution < -0.4 is 5.73 Å². The Morgan fingerprint density at radius 1 is 0.900 bits per heavy atom. The van der Waals surface area contributed by atoms with Crippen LogP contribution in [0.2, 0.25) is 0 Å². The molecule has 118 valence electrons. The van der Waals surface area contributed by atoms with Crippen LogP contribution in [0.1, 0.15) is 84.5 Å². The van der Waals surface area contributed by atoms with Crippen LogP contribution in [0.15, 0.2) is 24.1 Å². The van der Waals surface area contributed by atoms with Gasteiger partial charge in [0.1, 0.15) is 6.26 Å². The Morgan fingerprint density at radius 3 is 1.90 bits per heavy atom. The number of unbranched alkanes of at least 4 members (excludes halogenated alkanes) is 9. The van der Waals surface area contributed by atoms with E-state index in [2.05, 4.69) is 13.8 Å². The van der Waals surface area contributed by atoms with Crippen LogP contribution in [-0.4, -0.2) is 5.11 Å². The van der Waals surface area contributed by atoms with Crippen molar-refractivity contribution in [2.45, 2.75) is 84.5 Å². The summed E-state index contributed by atoms with van der Waals surface area (Å²) in [6.45, 7) is 4.62. The molecule has 3 N–H and O–H groups in total. The van der Waals surface area contributed by atoms with E-state index in [1.54, 1.807) is 6.08 Å². The number of aliphatic hydroxyl groups is 1. The molecule has 0 saturated heterocycles. The number of allylic oxidation sites excluding steroid dienone is 2. The molecule has 0 bridgehead atoms. The molecule has 2 nitrogen and oxygen atoms in total. The maximum absolute atomic E-state index is 8.60. The van der Waals surface area contributed by atoms with Gasteiger partial charge in [0.2, 0.25) is 0 Å². The fourth-order valence-corrected chi connectivity index (χ4v) is 2.31. The average molecular weight is 281 g/mol. The molecule has 0 saturated carbocycles. The average Bonchev–Trinajstić information content (AvgIpc) is 2.43. The number of rotatable bonds is 13. The van der Waals surface area contributed by atoms with E-state index in [1.807, 2.05) is 6.08 Å². The quantitative estimate of drug-likeness (QED) is 0.253. The van der Waals surface area contributed by atoms with Crippen LogP contribution in [0.25, 0.3) is 0 Å². The number of hydrogen-bond acceptors (Lipinski definition) is 2. The van der Waals surface area contributed by atoms with Gasteiger partial charge in [0, 0.05) is 0 Å². The van der Waals surface area contributed by atoms with Crippen molar-refractivity contribution in [3.63, 3.8) is 0 Å². The van der Waals surface area contributed by atoms with Crippen molar-refractivity contribution in [3.8, 4) is 0 Å². The standard InChI is InChI=1S/C18H35NO/c1-17(2)14-12-10-8-6-4-3-5-7-9-11-13-15-18(19)16-20/h13,15-17,20H,3-12,14,19H2,1-2H3/b15-13-,18-16+. The molecule has 0 amide bonds. The lowest BCUT2D eigenvalue weighted by molar-refractivity contribution is 0.468. The predicted molar refractivity (Wildman–Crippen MR) is 89.7 cm³/mol. The first kappa shape index (κ1) is 19.1. The van der Waals surface area contributed by atoms with Crippen molar-refractivity contribution in [1.82, 2.24) is 0 Å². The minimum absolute atomic E-state index is 0.433. The van der Waals surface area contributed by atoms with Crippen LogP contribution in [0.4, 0.5) is 0 Å². The summed E-state index contributed by atoms with van der Waals surface area (Å²) in [6, 6.07) is 0. The molecule has 0 aliphatic rings. The van der Waals surface area contributed by atoms with Gasteiger partial charge in [0.25, 0.3) is 0 Å². The molecule has 0 heterocycles. The summed E-state index contributed by atoms with van der Waals surface area (Å²) in [7, 11) is 0. The normalized spacial score (nSPS) is 12.7. The third kappa shape index (κ3) is 15.1. The maximum atomic E-state index is 8.60. The van der Waals surface area contributed by atoms with E-state index < -0.39 is 0 Å². The van der Waals surface area contributed by atoms with Gasteiger partial charge in [-0.1, -0.05) is 77.7 Å². The molecule has 0 aromatic carbocycles. The Hall–Kier alpha value is -0.920. The molecule has 0 fully saturated rings. The first-order valence-electron chi connectivity index (χ1n) is 8.43. The molecule has 0 aromatic rings. The number of nitrogens with two attached hydrogens (primary N) is 1. The molecule has 2 heteroatoms. The van der Waals surface area contributed by atoms with E-state index in [0.717, 1.165) is 18.6 Å². The van der Waals surface area contributed by atoms with Gasteiger partial charge in [-0.3, -0.25) is 0 Å². The van der Waals surface area contributed by atoms with E-state index in [-0.39, 0.29) is 0 Å². The van der Waals surface area contributed by atoms with Crippen LogP contribution >= 0.6 is 0 Å². The molecular weight excluding hydrogens is 246 g/mol. The van der Waals surface area contributed by atoms with E-state index in [4.69, 9.17) is 10.8 Å². The zero-order valence-corrected chi connectivity index (χ0v) is 13.6. The fourth-order valence-electron chi connectivity index (χ4n) is 2.31. The minimum Gasteiger partial charge on any atom is -0.513 e. The van der Waals surface area contributed by atoms with E-state index in [1.165, 1.54) is 64.2 Å². The summed E-state index contributed by atoms with van der Waals surface area (Å²) in [4.78, 5) is 0. The lowest BCUT2D eigenvalue weighted by Gasteiger charge is -2.04. The maximum Gasteiger partial charge on any atom is 0.102 e. The second kappa shape index (κ2) is 14.5. The molecule has 0 spiro atoms. The Balaban J connectivity index is 3.12. The summed E-state index contributed by atoms with van der Waals surface area (Å²) in [5.74, 6) is 0.868. The van der Waals surface area contributed by atoms with Crippen molar-refractivity contribution in [2.24, 2.45) is 11.7 Å². The van der Waals surface area contributed by atoms with Gasteiger partial charge in [-0.15, -0.1) is 0 Å². The molecule has 0 radical (unpaired) electrons. The van der Waals surface area contributed by atoms with Gasteiger partial charge in [-0.05, 0) is 24.8 Å². The lowest BCUT2D eigenvalue weighted by atomic mass is 10.0. The number of aliphatic hydroxyl groups excluding tert-OH is 1. The second-order valence-electron chi connectivity index (χ2n) is 6.18. The predicted octanol–water partition coefficient (Wildman–Crippen LogP) is 5.85. The van der Waals surface area contributed by atoms with Crippen molar-refractivity contribution >= 4 is 0 Å². The highest BCUT2D eigenvalue weighted by molar-refractivity contribution is 5.11. The molecule has 0 aliphatic heterocycles. The minimum atomic E-state index is 0.433. The zero-order valence-electron chi connectivity index (χ0n) is 13.6. The SMILES string of the molecule is CC(C)CCCCCCCCCCC/C=C\C(N)=C/O. The highest BCUT2D eigenvalue weighted by Crippen LogP contribution is 2.13.